The lowest BCUT2D eigenvalue weighted by atomic mass is 10.1. The molecule has 1 aromatic heterocycles. The van der Waals surface area contributed by atoms with E-state index in [2.05, 4.69) is 12.2 Å². The molecular weight excluding hydrogens is 366 g/mol. The molecule has 3 rings (SSSR count). The number of ether oxygens (including phenoxy) is 1. The Balaban J connectivity index is 1.55. The maximum Gasteiger partial charge on any atom is 0.248 e. The first-order chi connectivity index (χ1) is 14.2. The zero-order valence-corrected chi connectivity index (χ0v) is 16.5. The summed E-state index contributed by atoms with van der Waals surface area (Å²) in [7, 11) is 0. The molecule has 3 aromatic rings. The smallest absolute Gasteiger partial charge is 0.248 e. The molecule has 0 radical (unpaired) electrons. The van der Waals surface area contributed by atoms with Gasteiger partial charge in [0, 0.05) is 11.8 Å². The van der Waals surface area contributed by atoms with E-state index >= 15 is 0 Å². The monoisotopic (exact) mass is 391 g/mol. The van der Waals surface area contributed by atoms with Gasteiger partial charge in [-0.3, -0.25) is 9.59 Å². The molecule has 0 saturated heterocycles. The Kier molecular flexibility index (Phi) is 7.22. The summed E-state index contributed by atoms with van der Waals surface area (Å²) in [4.78, 5) is 24.6. The van der Waals surface area contributed by atoms with Crippen LogP contribution in [-0.4, -0.2) is 12.5 Å². The lowest BCUT2D eigenvalue weighted by molar-refractivity contribution is -0.111. The number of rotatable bonds is 9. The Hall–Kier alpha value is -3.34. The zero-order chi connectivity index (χ0) is 20.5. The van der Waals surface area contributed by atoms with Crippen LogP contribution in [0.1, 0.15) is 38.2 Å². The summed E-state index contributed by atoms with van der Waals surface area (Å²) in [6, 6.07) is 14.2. The van der Waals surface area contributed by atoms with E-state index in [1.165, 1.54) is 37.7 Å². The molecule has 150 valence electrons. The maximum absolute atomic E-state index is 12.4. The number of para-hydroxylation sites is 1. The molecule has 0 aliphatic rings. The third-order valence-corrected chi connectivity index (χ3v) is 4.51. The third-order valence-electron chi connectivity index (χ3n) is 4.51. The van der Waals surface area contributed by atoms with Crippen molar-refractivity contribution in [2.75, 3.05) is 11.9 Å². The number of amides is 1. The van der Waals surface area contributed by atoms with Gasteiger partial charge >= 0.3 is 0 Å². The lowest BCUT2D eigenvalue weighted by Gasteiger charge is -2.07. The van der Waals surface area contributed by atoms with Gasteiger partial charge in [0.25, 0.3) is 0 Å². The van der Waals surface area contributed by atoms with Crippen molar-refractivity contribution < 1.29 is 13.9 Å². The molecule has 0 aliphatic heterocycles. The van der Waals surface area contributed by atoms with Crippen LogP contribution in [0.25, 0.3) is 17.0 Å². The Morgan fingerprint density at radius 3 is 2.66 bits per heavy atom. The van der Waals surface area contributed by atoms with E-state index in [0.717, 1.165) is 12.2 Å². The van der Waals surface area contributed by atoms with Crippen molar-refractivity contribution in [3.05, 3.63) is 76.7 Å². The number of nitrogens with one attached hydrogen (secondary N) is 1. The van der Waals surface area contributed by atoms with Crippen molar-refractivity contribution >= 4 is 28.6 Å². The third kappa shape index (κ3) is 5.82. The minimum absolute atomic E-state index is 0.170. The van der Waals surface area contributed by atoms with E-state index in [-0.39, 0.29) is 11.3 Å². The second-order valence-electron chi connectivity index (χ2n) is 6.77. The number of carbonyl (C=O) groups excluding carboxylic acids is 1. The van der Waals surface area contributed by atoms with Gasteiger partial charge in [-0.05, 0) is 48.9 Å². The minimum atomic E-state index is -0.328. The van der Waals surface area contributed by atoms with Crippen molar-refractivity contribution in [1.82, 2.24) is 0 Å². The number of hydrogen-bond acceptors (Lipinski definition) is 4. The highest BCUT2D eigenvalue weighted by Gasteiger charge is 2.05. The molecule has 0 fully saturated rings. The molecular formula is C24H25NO4. The van der Waals surface area contributed by atoms with E-state index in [1.54, 1.807) is 36.4 Å². The highest BCUT2D eigenvalue weighted by Crippen LogP contribution is 2.16. The lowest BCUT2D eigenvalue weighted by Crippen LogP contribution is -2.09. The largest absolute Gasteiger partial charge is 0.494 e. The molecule has 5 nitrogen and oxygen atoms in total. The number of hydrogen-bond donors (Lipinski definition) is 1. The standard InChI is InChI=1S/C24H25NO4/c1-2-3-4-7-16-28-20-13-11-19(12-14-20)25-23(26)15-10-18-17-29-22-9-6-5-8-21(22)24(18)27/h5-6,8-15,17H,2-4,7,16H2,1H3,(H,25,26)/b15-10+. The summed E-state index contributed by atoms with van der Waals surface area (Å²) >= 11 is 0. The number of carbonyl (C=O) groups is 1. The van der Waals surface area contributed by atoms with Gasteiger partial charge in [-0.25, -0.2) is 0 Å². The second-order valence-corrected chi connectivity index (χ2v) is 6.77. The van der Waals surface area contributed by atoms with Crippen LogP contribution in [-0.2, 0) is 4.79 Å². The maximum atomic E-state index is 12.4. The molecule has 2 aromatic carbocycles. The highest BCUT2D eigenvalue weighted by molar-refractivity contribution is 6.02. The van der Waals surface area contributed by atoms with E-state index in [9.17, 15) is 9.59 Å². The van der Waals surface area contributed by atoms with Crippen molar-refractivity contribution in [2.45, 2.75) is 32.6 Å². The van der Waals surface area contributed by atoms with E-state index in [0.29, 0.717) is 28.8 Å². The van der Waals surface area contributed by atoms with E-state index < -0.39 is 0 Å². The fraction of sp³-hybridized carbons (Fsp3) is 0.250. The van der Waals surface area contributed by atoms with Crippen molar-refractivity contribution in [1.29, 1.82) is 0 Å². The fourth-order valence-electron chi connectivity index (χ4n) is 2.91. The average molecular weight is 391 g/mol. The summed E-state index contributed by atoms with van der Waals surface area (Å²) in [5.41, 5.74) is 1.33. The van der Waals surface area contributed by atoms with Gasteiger partial charge in [0.2, 0.25) is 5.91 Å². The summed E-state index contributed by atoms with van der Waals surface area (Å²) in [5, 5.41) is 3.25. The first-order valence-corrected chi connectivity index (χ1v) is 9.90. The number of fused-ring (bicyclic) bond motifs is 1. The SMILES string of the molecule is CCCCCCOc1ccc(NC(=O)/C=C/c2coc3ccccc3c2=O)cc1. The molecule has 5 heteroatoms. The summed E-state index contributed by atoms with van der Waals surface area (Å²) in [6.07, 6.45) is 8.78. The molecule has 1 N–H and O–H groups in total. The summed E-state index contributed by atoms with van der Waals surface area (Å²) in [6.45, 7) is 2.88. The fourth-order valence-corrected chi connectivity index (χ4v) is 2.91. The Morgan fingerprint density at radius 1 is 1.07 bits per heavy atom. The van der Waals surface area contributed by atoms with Crippen LogP contribution >= 0.6 is 0 Å². The first kappa shape index (κ1) is 20.4. The average Bonchev–Trinajstić information content (AvgIpc) is 2.74. The summed E-state index contributed by atoms with van der Waals surface area (Å²) in [5.74, 6) is 0.453. The van der Waals surface area contributed by atoms with Crippen LogP contribution in [0.3, 0.4) is 0 Å². The van der Waals surface area contributed by atoms with E-state index in [4.69, 9.17) is 9.15 Å². The van der Waals surface area contributed by atoms with Crippen molar-refractivity contribution in [3.8, 4) is 5.75 Å². The van der Waals surface area contributed by atoms with Gasteiger partial charge in [-0.15, -0.1) is 0 Å². The summed E-state index contributed by atoms with van der Waals surface area (Å²) < 4.78 is 11.1. The molecule has 0 bridgehead atoms. The Morgan fingerprint density at radius 2 is 1.86 bits per heavy atom. The molecule has 1 amide bonds. The van der Waals surface area contributed by atoms with E-state index in [1.807, 2.05) is 12.1 Å². The molecule has 0 aliphatic carbocycles. The first-order valence-electron chi connectivity index (χ1n) is 9.90. The van der Waals surface area contributed by atoms with Gasteiger partial charge in [0.1, 0.15) is 17.6 Å². The van der Waals surface area contributed by atoms with Crippen LogP contribution in [0.15, 0.2) is 70.1 Å². The topological polar surface area (TPSA) is 68.5 Å². The van der Waals surface area contributed by atoms with Crippen molar-refractivity contribution in [3.63, 3.8) is 0 Å². The van der Waals surface area contributed by atoms with Crippen LogP contribution in [0.5, 0.6) is 5.75 Å². The normalized spacial score (nSPS) is 11.1. The van der Waals surface area contributed by atoms with Crippen LogP contribution in [0, 0.1) is 0 Å². The highest BCUT2D eigenvalue weighted by atomic mass is 16.5. The Bertz CT molecular complexity index is 1030. The number of unbranched alkanes of at least 4 members (excludes halogenated alkanes) is 3. The van der Waals surface area contributed by atoms with Gasteiger partial charge in [0.15, 0.2) is 5.43 Å². The molecule has 0 spiro atoms. The molecule has 0 unspecified atom stereocenters. The van der Waals surface area contributed by atoms with Crippen molar-refractivity contribution in [2.24, 2.45) is 0 Å². The van der Waals surface area contributed by atoms with Crippen LogP contribution < -0.4 is 15.5 Å². The zero-order valence-electron chi connectivity index (χ0n) is 16.5. The van der Waals surface area contributed by atoms with Crippen LogP contribution in [0.2, 0.25) is 0 Å². The second kappa shape index (κ2) is 10.3. The number of benzene rings is 2. The molecule has 0 saturated carbocycles. The van der Waals surface area contributed by atoms with Gasteiger partial charge in [0.05, 0.1) is 17.6 Å². The molecule has 0 atom stereocenters. The molecule has 29 heavy (non-hydrogen) atoms. The van der Waals surface area contributed by atoms with Gasteiger partial charge in [-0.1, -0.05) is 38.3 Å². The quantitative estimate of drug-likeness (QED) is 0.391. The number of anilines is 1. The van der Waals surface area contributed by atoms with Crippen LogP contribution in [0.4, 0.5) is 5.69 Å². The van der Waals surface area contributed by atoms with Gasteiger partial charge < -0.3 is 14.5 Å². The van der Waals surface area contributed by atoms with Gasteiger partial charge in [-0.2, -0.15) is 0 Å². The predicted octanol–water partition coefficient (Wildman–Crippen LogP) is 5.40. The minimum Gasteiger partial charge on any atom is -0.494 e. The Labute approximate surface area is 170 Å². The molecule has 1 heterocycles. The predicted molar refractivity (Wildman–Crippen MR) is 116 cm³/mol.